The second-order valence-electron chi connectivity index (χ2n) is 8.09. The summed E-state index contributed by atoms with van der Waals surface area (Å²) in [5.41, 5.74) is 0.346. The molecule has 1 aromatic carbocycles. The third-order valence-corrected chi connectivity index (χ3v) is 5.87. The Balaban J connectivity index is 1.50. The molecule has 2 saturated heterocycles. The number of halogens is 2. The Morgan fingerprint density at radius 2 is 1.93 bits per heavy atom. The SMILES string of the molecule is CN=C(NCC1CCCN(C(C)C)C1)N1CCN(c2cc(F)ccc2F)CC1. The van der Waals surface area contributed by atoms with Crippen LogP contribution < -0.4 is 10.2 Å². The molecular formula is C21H33F2N5. The molecule has 3 rings (SSSR count). The van der Waals surface area contributed by atoms with E-state index in [9.17, 15) is 8.78 Å². The molecule has 5 nitrogen and oxygen atoms in total. The van der Waals surface area contributed by atoms with Crippen LogP contribution in [0.1, 0.15) is 26.7 Å². The summed E-state index contributed by atoms with van der Waals surface area (Å²) in [6.45, 7) is 10.5. The molecule has 7 heteroatoms. The Labute approximate surface area is 167 Å². The number of nitrogens with one attached hydrogen (secondary N) is 1. The van der Waals surface area contributed by atoms with E-state index in [2.05, 4.69) is 34.0 Å². The lowest BCUT2D eigenvalue weighted by Crippen LogP contribution is -2.54. The van der Waals surface area contributed by atoms with Crippen molar-refractivity contribution >= 4 is 11.6 Å². The normalized spacial score (nSPS) is 22.1. The van der Waals surface area contributed by atoms with Crippen LogP contribution in [0.2, 0.25) is 0 Å². The molecule has 0 spiro atoms. The van der Waals surface area contributed by atoms with Crippen LogP contribution in [-0.4, -0.2) is 74.7 Å². The summed E-state index contributed by atoms with van der Waals surface area (Å²) in [4.78, 5) is 11.1. The van der Waals surface area contributed by atoms with Gasteiger partial charge in [-0.15, -0.1) is 0 Å². The van der Waals surface area contributed by atoms with Gasteiger partial charge in [0, 0.05) is 58.4 Å². The van der Waals surface area contributed by atoms with Crippen molar-refractivity contribution in [2.75, 3.05) is 57.8 Å². The zero-order valence-electron chi connectivity index (χ0n) is 17.3. The molecule has 0 saturated carbocycles. The molecule has 0 aliphatic carbocycles. The number of aliphatic imine (C=N–C) groups is 1. The molecular weight excluding hydrogens is 360 g/mol. The van der Waals surface area contributed by atoms with Crippen molar-refractivity contribution in [3.05, 3.63) is 29.8 Å². The number of piperidine rings is 1. The molecule has 0 amide bonds. The average Bonchev–Trinajstić information content (AvgIpc) is 2.71. The topological polar surface area (TPSA) is 34.1 Å². The Kier molecular flexibility index (Phi) is 7.10. The molecule has 2 aliphatic heterocycles. The van der Waals surface area contributed by atoms with Gasteiger partial charge in [-0.1, -0.05) is 0 Å². The zero-order chi connectivity index (χ0) is 20.1. The van der Waals surface area contributed by atoms with Crippen LogP contribution in [0.3, 0.4) is 0 Å². The molecule has 0 bridgehead atoms. The van der Waals surface area contributed by atoms with Gasteiger partial charge in [0.05, 0.1) is 5.69 Å². The summed E-state index contributed by atoms with van der Waals surface area (Å²) in [6, 6.07) is 4.23. The number of rotatable bonds is 4. The summed E-state index contributed by atoms with van der Waals surface area (Å²) >= 11 is 0. The van der Waals surface area contributed by atoms with Gasteiger partial charge in [0.1, 0.15) is 11.6 Å². The van der Waals surface area contributed by atoms with Gasteiger partial charge in [-0.05, 0) is 51.3 Å². The fourth-order valence-corrected chi connectivity index (χ4v) is 4.19. The smallest absolute Gasteiger partial charge is 0.193 e. The van der Waals surface area contributed by atoms with Gasteiger partial charge < -0.3 is 20.0 Å². The predicted octanol–water partition coefficient (Wildman–Crippen LogP) is 2.78. The van der Waals surface area contributed by atoms with Gasteiger partial charge in [0.15, 0.2) is 5.96 Å². The quantitative estimate of drug-likeness (QED) is 0.630. The van der Waals surface area contributed by atoms with E-state index in [-0.39, 0.29) is 5.82 Å². The Bertz CT molecular complexity index is 671. The highest BCUT2D eigenvalue weighted by Gasteiger charge is 2.24. The second kappa shape index (κ2) is 9.54. The third kappa shape index (κ3) is 5.13. The highest BCUT2D eigenvalue weighted by molar-refractivity contribution is 5.80. The first-order chi connectivity index (χ1) is 13.5. The van der Waals surface area contributed by atoms with Crippen LogP contribution in [0.4, 0.5) is 14.5 Å². The molecule has 2 fully saturated rings. The predicted molar refractivity (Wildman–Crippen MR) is 111 cm³/mol. The van der Waals surface area contributed by atoms with Gasteiger partial charge in [0.2, 0.25) is 0 Å². The molecule has 1 N–H and O–H groups in total. The first-order valence-corrected chi connectivity index (χ1v) is 10.4. The molecule has 0 aromatic heterocycles. The lowest BCUT2D eigenvalue weighted by Gasteiger charge is -2.39. The van der Waals surface area contributed by atoms with Crippen LogP contribution >= 0.6 is 0 Å². The van der Waals surface area contributed by atoms with Gasteiger partial charge in [-0.3, -0.25) is 4.99 Å². The van der Waals surface area contributed by atoms with Crippen molar-refractivity contribution in [3.8, 4) is 0 Å². The average molecular weight is 394 g/mol. The number of likely N-dealkylation sites (tertiary alicyclic amines) is 1. The van der Waals surface area contributed by atoms with Crippen LogP contribution in [0.25, 0.3) is 0 Å². The minimum Gasteiger partial charge on any atom is -0.366 e. The lowest BCUT2D eigenvalue weighted by atomic mass is 9.97. The minimum absolute atomic E-state index is 0.346. The van der Waals surface area contributed by atoms with E-state index in [0.717, 1.165) is 38.2 Å². The van der Waals surface area contributed by atoms with E-state index in [4.69, 9.17) is 0 Å². The maximum absolute atomic E-state index is 14.0. The van der Waals surface area contributed by atoms with Crippen molar-refractivity contribution in [1.29, 1.82) is 0 Å². The van der Waals surface area contributed by atoms with Gasteiger partial charge >= 0.3 is 0 Å². The van der Waals surface area contributed by atoms with Crippen LogP contribution in [-0.2, 0) is 0 Å². The van der Waals surface area contributed by atoms with Gasteiger partial charge in [0.25, 0.3) is 0 Å². The number of piperazine rings is 1. The number of anilines is 1. The number of nitrogens with zero attached hydrogens (tertiary/aromatic N) is 4. The van der Waals surface area contributed by atoms with E-state index in [1.54, 1.807) is 0 Å². The Hall–Kier alpha value is -1.89. The molecule has 1 aromatic rings. The van der Waals surface area contributed by atoms with Crippen LogP contribution in [0.15, 0.2) is 23.2 Å². The molecule has 0 radical (unpaired) electrons. The van der Waals surface area contributed by atoms with Crippen molar-refractivity contribution < 1.29 is 8.78 Å². The molecule has 2 aliphatic rings. The molecule has 2 heterocycles. The summed E-state index contributed by atoms with van der Waals surface area (Å²) in [5.74, 6) is 0.764. The molecule has 1 unspecified atom stereocenters. The molecule has 156 valence electrons. The first-order valence-electron chi connectivity index (χ1n) is 10.4. The number of guanidine groups is 1. The fourth-order valence-electron chi connectivity index (χ4n) is 4.19. The fraction of sp³-hybridized carbons (Fsp3) is 0.667. The summed E-state index contributed by atoms with van der Waals surface area (Å²) < 4.78 is 27.5. The van der Waals surface area contributed by atoms with E-state index in [0.29, 0.717) is 30.7 Å². The monoisotopic (exact) mass is 393 g/mol. The van der Waals surface area contributed by atoms with E-state index in [1.165, 1.54) is 31.5 Å². The van der Waals surface area contributed by atoms with Crippen LogP contribution in [0.5, 0.6) is 0 Å². The van der Waals surface area contributed by atoms with E-state index < -0.39 is 5.82 Å². The number of hydrogen-bond acceptors (Lipinski definition) is 3. The van der Waals surface area contributed by atoms with E-state index in [1.807, 2.05) is 11.9 Å². The van der Waals surface area contributed by atoms with Crippen molar-refractivity contribution in [2.24, 2.45) is 10.9 Å². The summed E-state index contributed by atoms with van der Waals surface area (Å²) in [5, 5.41) is 3.54. The van der Waals surface area contributed by atoms with E-state index >= 15 is 0 Å². The third-order valence-electron chi connectivity index (χ3n) is 5.87. The number of hydrogen-bond donors (Lipinski definition) is 1. The van der Waals surface area contributed by atoms with Crippen molar-refractivity contribution in [2.45, 2.75) is 32.7 Å². The highest BCUT2D eigenvalue weighted by atomic mass is 19.1. The zero-order valence-corrected chi connectivity index (χ0v) is 17.3. The van der Waals surface area contributed by atoms with Gasteiger partial charge in [-0.25, -0.2) is 8.78 Å². The van der Waals surface area contributed by atoms with Gasteiger partial charge in [-0.2, -0.15) is 0 Å². The Morgan fingerprint density at radius 3 is 2.61 bits per heavy atom. The number of benzene rings is 1. The van der Waals surface area contributed by atoms with Crippen molar-refractivity contribution in [3.63, 3.8) is 0 Å². The lowest BCUT2D eigenvalue weighted by molar-refractivity contribution is 0.140. The molecule has 1 atom stereocenters. The van der Waals surface area contributed by atoms with Crippen LogP contribution in [0, 0.1) is 17.6 Å². The minimum atomic E-state index is -0.403. The maximum Gasteiger partial charge on any atom is 0.193 e. The first kappa shape index (κ1) is 20.8. The summed E-state index contributed by atoms with van der Waals surface area (Å²) in [6.07, 6.45) is 2.50. The Morgan fingerprint density at radius 1 is 1.18 bits per heavy atom. The highest BCUT2D eigenvalue weighted by Crippen LogP contribution is 2.22. The molecule has 28 heavy (non-hydrogen) atoms. The largest absolute Gasteiger partial charge is 0.366 e. The second-order valence-corrected chi connectivity index (χ2v) is 8.09. The summed E-state index contributed by atoms with van der Waals surface area (Å²) in [7, 11) is 1.81. The van der Waals surface area contributed by atoms with Crippen molar-refractivity contribution in [1.82, 2.24) is 15.1 Å². The standard InChI is InChI=1S/C21H33F2N5/c1-16(2)28-8-4-5-17(15-28)14-25-21(24-3)27-11-9-26(10-12-27)20-13-18(22)6-7-19(20)23/h6-7,13,16-17H,4-5,8-12,14-15H2,1-3H3,(H,24,25). The maximum atomic E-state index is 14.0.